The number of rotatable bonds is 3. The summed E-state index contributed by atoms with van der Waals surface area (Å²) in [6, 6.07) is 11.3. The van der Waals surface area contributed by atoms with E-state index >= 15 is 0 Å². The van der Waals surface area contributed by atoms with Gasteiger partial charge in [0.2, 0.25) is 0 Å². The summed E-state index contributed by atoms with van der Waals surface area (Å²) in [4.78, 5) is 4.48. The number of hydrogen-bond acceptors (Lipinski definition) is 1. The first kappa shape index (κ1) is 11.9. The molecule has 0 saturated carbocycles. The molecule has 0 N–H and O–H groups in total. The summed E-state index contributed by atoms with van der Waals surface area (Å²) in [6.07, 6.45) is -1.91. The Morgan fingerprint density at radius 2 is 1.41 bits per heavy atom. The van der Waals surface area contributed by atoms with Crippen molar-refractivity contribution in [2.45, 2.75) is 54.3 Å². The average molecular weight is 299 g/mol. The highest BCUT2D eigenvalue weighted by atomic mass is 14.7. The summed E-state index contributed by atoms with van der Waals surface area (Å²) < 4.78 is 34.9. The molecule has 0 spiro atoms. The lowest BCUT2D eigenvalue weighted by Gasteiger charge is -2.24. The Kier molecular flexibility index (Phi) is 3.37. The van der Waals surface area contributed by atoms with Gasteiger partial charge < -0.3 is 0 Å². The van der Waals surface area contributed by atoms with Gasteiger partial charge in [-0.25, -0.2) is 0 Å². The third-order valence-corrected chi connectivity index (χ3v) is 2.99. The van der Waals surface area contributed by atoms with Crippen LogP contribution in [0.4, 0.5) is 0 Å². The molecule has 0 fully saturated rings. The molecule has 22 heavy (non-hydrogen) atoms. The lowest BCUT2D eigenvalue weighted by molar-refractivity contribution is 0.392. The topological polar surface area (TPSA) is 12.9 Å². The van der Waals surface area contributed by atoms with Crippen molar-refractivity contribution in [2.24, 2.45) is 10.8 Å². The summed E-state index contributed by atoms with van der Waals surface area (Å²) >= 11 is 0. The molecule has 1 nitrogen and oxygen atoms in total. The van der Waals surface area contributed by atoms with Gasteiger partial charge in [0.05, 0.1) is 5.69 Å². The minimum atomic E-state index is -1.72. The van der Waals surface area contributed by atoms with E-state index in [4.69, 9.17) is 5.48 Å². The SMILES string of the molecule is [2H]C([2H])(c1cnc(-c2ccccc2)cc1C([2H])([2H])C(C)(C)C)C(C)(C)C. The van der Waals surface area contributed by atoms with Gasteiger partial charge in [-0.2, -0.15) is 0 Å². The van der Waals surface area contributed by atoms with Crippen molar-refractivity contribution < 1.29 is 5.48 Å². The Bertz CT molecular complexity index is 769. The summed E-state index contributed by atoms with van der Waals surface area (Å²) in [7, 11) is 0. The summed E-state index contributed by atoms with van der Waals surface area (Å²) in [5, 5.41) is 0. The van der Waals surface area contributed by atoms with Crippen molar-refractivity contribution in [1.29, 1.82) is 0 Å². The van der Waals surface area contributed by atoms with Crippen LogP contribution in [-0.4, -0.2) is 4.98 Å². The normalized spacial score (nSPS) is 16.5. The van der Waals surface area contributed by atoms with Crippen LogP contribution in [0.15, 0.2) is 42.6 Å². The first-order chi connectivity index (χ1) is 11.7. The molecule has 0 bridgehead atoms. The first-order valence-corrected chi connectivity index (χ1v) is 7.76. The van der Waals surface area contributed by atoms with E-state index in [0.717, 1.165) is 5.56 Å². The zero-order valence-electron chi connectivity index (χ0n) is 18.5. The highest BCUT2D eigenvalue weighted by Crippen LogP contribution is 2.30. The van der Waals surface area contributed by atoms with Gasteiger partial charge in [0, 0.05) is 17.2 Å². The molecule has 0 aliphatic heterocycles. The van der Waals surface area contributed by atoms with Gasteiger partial charge >= 0.3 is 0 Å². The fraction of sp³-hybridized carbons (Fsp3) is 0.476. The van der Waals surface area contributed by atoms with Crippen molar-refractivity contribution in [1.82, 2.24) is 4.98 Å². The standard InChI is InChI=1S/C21H29N/c1-20(2,3)13-17-12-19(16-10-8-7-9-11-16)22-15-18(17)14-21(4,5)6/h7-12,15H,13-14H2,1-6H3/i13D2,14D2. The van der Waals surface area contributed by atoms with Crippen LogP contribution in [-0.2, 0) is 12.7 Å². The van der Waals surface area contributed by atoms with E-state index in [1.54, 1.807) is 6.07 Å². The largest absolute Gasteiger partial charge is 0.256 e. The lowest BCUT2D eigenvalue weighted by Crippen LogP contribution is -2.15. The van der Waals surface area contributed by atoms with E-state index in [9.17, 15) is 0 Å². The molecule has 0 aliphatic carbocycles. The highest BCUT2D eigenvalue weighted by molar-refractivity contribution is 5.60. The second-order valence-electron chi connectivity index (χ2n) is 7.73. The molecule has 0 radical (unpaired) electrons. The minimum absolute atomic E-state index is 0.324. The number of hydrogen-bond donors (Lipinski definition) is 0. The Balaban J connectivity index is 2.78. The molecule has 2 rings (SSSR count). The fourth-order valence-corrected chi connectivity index (χ4v) is 2.23. The molecule has 0 atom stereocenters. The predicted octanol–water partition coefficient (Wildman–Crippen LogP) is 5.93. The molecule has 118 valence electrons. The fourth-order valence-electron chi connectivity index (χ4n) is 2.23. The first-order valence-electron chi connectivity index (χ1n) is 9.76. The maximum absolute atomic E-state index is 8.78. The highest BCUT2D eigenvalue weighted by Gasteiger charge is 2.19. The van der Waals surface area contributed by atoms with Gasteiger partial charge in [0.15, 0.2) is 0 Å². The smallest absolute Gasteiger partial charge is 0.0704 e. The molecule has 2 aromatic rings. The van der Waals surface area contributed by atoms with E-state index in [0.29, 0.717) is 16.8 Å². The third-order valence-electron chi connectivity index (χ3n) is 2.99. The zero-order valence-corrected chi connectivity index (χ0v) is 14.5. The monoisotopic (exact) mass is 299 g/mol. The third kappa shape index (κ3) is 4.98. The van der Waals surface area contributed by atoms with Gasteiger partial charge in [0.25, 0.3) is 0 Å². The number of pyridine rings is 1. The van der Waals surface area contributed by atoms with Crippen LogP contribution in [0.3, 0.4) is 0 Å². The Morgan fingerprint density at radius 3 is 1.95 bits per heavy atom. The maximum Gasteiger partial charge on any atom is 0.0704 e. The lowest BCUT2D eigenvalue weighted by atomic mass is 9.81. The van der Waals surface area contributed by atoms with Crippen LogP contribution in [0.25, 0.3) is 11.3 Å². The van der Waals surface area contributed by atoms with Gasteiger partial charge in [-0.05, 0) is 40.8 Å². The van der Waals surface area contributed by atoms with Gasteiger partial charge in [-0.1, -0.05) is 71.9 Å². The molecule has 0 saturated heterocycles. The van der Waals surface area contributed by atoms with Crippen molar-refractivity contribution in [2.75, 3.05) is 0 Å². The Hall–Kier alpha value is -1.63. The molecule has 0 amide bonds. The zero-order chi connectivity index (χ0) is 20.0. The van der Waals surface area contributed by atoms with E-state index in [2.05, 4.69) is 4.98 Å². The number of aromatic nitrogens is 1. The molecular formula is C21H29N. The van der Waals surface area contributed by atoms with Crippen LogP contribution >= 0.6 is 0 Å². The maximum atomic E-state index is 8.78. The quantitative estimate of drug-likeness (QED) is 0.685. The van der Waals surface area contributed by atoms with E-state index in [-0.39, 0.29) is 0 Å². The molecular weight excluding hydrogens is 266 g/mol. The summed E-state index contributed by atoms with van der Waals surface area (Å²) in [5.74, 6) is 0. The summed E-state index contributed by atoms with van der Waals surface area (Å²) in [6.45, 7) is 11.0. The van der Waals surface area contributed by atoms with Crippen LogP contribution in [0, 0.1) is 10.8 Å². The number of benzene rings is 1. The van der Waals surface area contributed by atoms with E-state index in [1.165, 1.54) is 6.20 Å². The minimum Gasteiger partial charge on any atom is -0.256 e. The van der Waals surface area contributed by atoms with Crippen molar-refractivity contribution in [3.63, 3.8) is 0 Å². The van der Waals surface area contributed by atoms with Crippen molar-refractivity contribution in [3.8, 4) is 11.3 Å². The molecule has 1 heterocycles. The molecule has 1 heteroatoms. The van der Waals surface area contributed by atoms with Crippen LogP contribution < -0.4 is 0 Å². The molecule has 0 aliphatic rings. The second-order valence-corrected chi connectivity index (χ2v) is 7.73. The number of nitrogens with zero attached hydrogens (tertiary/aromatic N) is 1. The summed E-state index contributed by atoms with van der Waals surface area (Å²) in [5.41, 5.74) is 0.864. The average Bonchev–Trinajstić information content (AvgIpc) is 2.53. The van der Waals surface area contributed by atoms with Crippen molar-refractivity contribution >= 4 is 0 Å². The van der Waals surface area contributed by atoms with Crippen LogP contribution in [0.1, 0.15) is 58.2 Å². The molecule has 0 unspecified atom stereocenters. The Morgan fingerprint density at radius 1 is 0.864 bits per heavy atom. The molecule has 1 aromatic carbocycles. The molecule has 1 aromatic heterocycles. The Labute approximate surface area is 141 Å². The predicted molar refractivity (Wildman–Crippen MR) is 96.0 cm³/mol. The second kappa shape index (κ2) is 6.24. The van der Waals surface area contributed by atoms with Gasteiger partial charge in [-0.3, -0.25) is 4.98 Å². The van der Waals surface area contributed by atoms with Crippen LogP contribution in [0.2, 0.25) is 0 Å². The van der Waals surface area contributed by atoms with E-state index in [1.807, 2.05) is 71.9 Å². The van der Waals surface area contributed by atoms with Crippen molar-refractivity contribution in [3.05, 3.63) is 53.7 Å². The van der Waals surface area contributed by atoms with Crippen LogP contribution in [0.5, 0.6) is 0 Å². The van der Waals surface area contributed by atoms with E-state index < -0.39 is 23.6 Å². The van der Waals surface area contributed by atoms with Gasteiger partial charge in [0.1, 0.15) is 0 Å². The van der Waals surface area contributed by atoms with Gasteiger partial charge in [-0.15, -0.1) is 0 Å².